The predicted molar refractivity (Wildman–Crippen MR) is 249 cm³/mol. The van der Waals surface area contributed by atoms with E-state index in [-0.39, 0.29) is 50.1 Å². The number of aryl methyl sites for hydroxylation is 2. The first-order chi connectivity index (χ1) is 30.5. The molecule has 2 N–H and O–H groups in total. The largest absolute Gasteiger partial charge is 0.756 e. The lowest BCUT2D eigenvalue weighted by molar-refractivity contribution is -0.870. The first-order valence-corrected chi connectivity index (χ1v) is 26.0. The summed E-state index contributed by atoms with van der Waals surface area (Å²) in [4.78, 5) is 50.5. The topological polar surface area (TPSA) is 182 Å². The molecule has 13 nitrogen and oxygen atoms in total. The van der Waals surface area contributed by atoms with Crippen LogP contribution in [0.2, 0.25) is 0 Å². The van der Waals surface area contributed by atoms with Crippen molar-refractivity contribution in [1.82, 2.24) is 0 Å². The number of unbranched alkanes of at least 4 members (excludes halogenated alkanes) is 12. The van der Waals surface area contributed by atoms with Crippen LogP contribution in [0.15, 0.2) is 28.7 Å². The number of hydrogen-bond donors (Lipinski definition) is 2. The molecular formula is C50H86NO12P. The van der Waals surface area contributed by atoms with E-state index < -0.39 is 44.7 Å². The number of quaternary nitrogens is 1. The van der Waals surface area contributed by atoms with Crippen molar-refractivity contribution in [2.24, 2.45) is 11.8 Å². The molecule has 14 heteroatoms. The van der Waals surface area contributed by atoms with Crippen molar-refractivity contribution in [1.29, 1.82) is 0 Å². The van der Waals surface area contributed by atoms with Crippen LogP contribution < -0.4 is 4.89 Å². The molecule has 1 saturated carbocycles. The van der Waals surface area contributed by atoms with Crippen molar-refractivity contribution < 1.29 is 61.5 Å². The summed E-state index contributed by atoms with van der Waals surface area (Å²) in [5.41, 5.74) is 2.62. The van der Waals surface area contributed by atoms with Gasteiger partial charge in [0.15, 0.2) is 6.10 Å². The molecule has 0 aliphatic heterocycles. The second kappa shape index (κ2) is 32.1. The Morgan fingerprint density at radius 3 is 2.06 bits per heavy atom. The van der Waals surface area contributed by atoms with E-state index >= 15 is 0 Å². The molecule has 0 spiro atoms. The van der Waals surface area contributed by atoms with Crippen molar-refractivity contribution in [3.63, 3.8) is 0 Å². The number of ketones is 1. The summed E-state index contributed by atoms with van der Waals surface area (Å²) in [6.45, 7) is 8.10. The zero-order chi connectivity index (χ0) is 47.4. The van der Waals surface area contributed by atoms with Crippen LogP contribution in [0.4, 0.5) is 0 Å². The van der Waals surface area contributed by atoms with Crippen LogP contribution in [0, 0.1) is 25.7 Å². The van der Waals surface area contributed by atoms with Crippen molar-refractivity contribution in [3.8, 4) is 0 Å². The molecule has 0 amide bonds. The molecule has 0 radical (unpaired) electrons. The first kappa shape index (κ1) is 57.5. The number of rotatable bonds is 37. The number of ether oxygens (including phenoxy) is 2. The highest BCUT2D eigenvalue weighted by Crippen LogP contribution is 2.38. The van der Waals surface area contributed by atoms with Crippen LogP contribution in [-0.2, 0) is 50.3 Å². The number of aliphatic hydroxyl groups excluding tert-OH is 2. The van der Waals surface area contributed by atoms with Gasteiger partial charge in [-0.25, -0.2) is 0 Å². The number of Topliss-reactive ketones (excluding diaryl/α,β-unsaturated/α-hetero) is 1. The summed E-state index contributed by atoms with van der Waals surface area (Å²) in [6, 6.07) is 0. The summed E-state index contributed by atoms with van der Waals surface area (Å²) < 4.78 is 40.2. The molecule has 6 atom stereocenters. The Labute approximate surface area is 385 Å². The third-order valence-electron chi connectivity index (χ3n) is 12.0. The smallest absolute Gasteiger partial charge is 0.306 e. The summed E-state index contributed by atoms with van der Waals surface area (Å²) in [7, 11) is 0.997. The Morgan fingerprint density at radius 1 is 0.828 bits per heavy atom. The second-order valence-electron chi connectivity index (χ2n) is 18.8. The Balaban J connectivity index is 1.74. The van der Waals surface area contributed by atoms with Gasteiger partial charge in [0.25, 0.3) is 7.82 Å². The van der Waals surface area contributed by atoms with E-state index in [2.05, 4.69) is 27.7 Å². The normalized spacial score (nSPS) is 18.8. The van der Waals surface area contributed by atoms with Gasteiger partial charge in [0.05, 0.1) is 40.0 Å². The van der Waals surface area contributed by atoms with Gasteiger partial charge >= 0.3 is 11.9 Å². The van der Waals surface area contributed by atoms with Gasteiger partial charge in [0, 0.05) is 43.9 Å². The quantitative estimate of drug-likeness (QED) is 0.0212. The average Bonchev–Trinajstić information content (AvgIpc) is 3.66. The highest BCUT2D eigenvalue weighted by Gasteiger charge is 2.39. The van der Waals surface area contributed by atoms with Crippen molar-refractivity contribution >= 4 is 25.5 Å². The lowest BCUT2D eigenvalue weighted by Crippen LogP contribution is -2.37. The van der Waals surface area contributed by atoms with E-state index in [1.165, 1.54) is 30.4 Å². The molecule has 1 aromatic rings. The van der Waals surface area contributed by atoms with E-state index in [0.29, 0.717) is 43.1 Å². The number of phosphoric ester groups is 1. The second-order valence-corrected chi connectivity index (χ2v) is 20.2. The molecule has 1 aliphatic rings. The zero-order valence-electron chi connectivity index (χ0n) is 40.7. The molecule has 1 heterocycles. The molecule has 1 aromatic heterocycles. The Morgan fingerprint density at radius 2 is 1.42 bits per heavy atom. The van der Waals surface area contributed by atoms with Crippen LogP contribution in [0.25, 0.3) is 0 Å². The van der Waals surface area contributed by atoms with Gasteiger partial charge in [-0.2, -0.15) is 0 Å². The van der Waals surface area contributed by atoms with Crippen LogP contribution >= 0.6 is 7.82 Å². The lowest BCUT2D eigenvalue weighted by Gasteiger charge is -2.28. The zero-order valence-corrected chi connectivity index (χ0v) is 41.6. The number of esters is 2. The summed E-state index contributed by atoms with van der Waals surface area (Å²) in [5.74, 6) is 0.516. The summed E-state index contributed by atoms with van der Waals surface area (Å²) >= 11 is 0. The maximum Gasteiger partial charge on any atom is 0.306 e. The Bertz CT molecular complexity index is 1580. The van der Waals surface area contributed by atoms with Gasteiger partial charge in [-0.3, -0.25) is 18.9 Å². The third-order valence-corrected chi connectivity index (χ3v) is 13.0. The molecule has 1 unspecified atom stereocenters. The number of aliphatic hydroxyl groups is 2. The minimum Gasteiger partial charge on any atom is -0.756 e. The standard InChI is InChI=1S/C50H86NO12P/c1-8-10-20-26-41(52)32-33-44-43(45(53)36-46(44)54)27-22-18-19-24-30-49(55)59-37-42(38-61-64(57,58)60-35-34-51(5,6)7)62-50(56)31-25-17-15-13-12-14-16-23-29-48-40(4)39(3)47(63-48)28-21-11-9-2/h18,22,32-33,41-44,46,52,54H,8-17,19-21,23-31,34-38H2,1-7H3/b22-18-,33-32+/t41-,42+,43+,44+,46+/m0/s1. The van der Waals surface area contributed by atoms with Gasteiger partial charge in [0.2, 0.25) is 0 Å². The van der Waals surface area contributed by atoms with Gasteiger partial charge < -0.3 is 42.5 Å². The fourth-order valence-corrected chi connectivity index (χ4v) is 8.54. The van der Waals surface area contributed by atoms with Crippen molar-refractivity contribution in [2.75, 3.05) is 47.5 Å². The minimum absolute atomic E-state index is 0.00511. The van der Waals surface area contributed by atoms with E-state index in [0.717, 1.165) is 88.6 Å². The number of phosphoric acid groups is 1. The van der Waals surface area contributed by atoms with E-state index in [1.807, 2.05) is 33.3 Å². The van der Waals surface area contributed by atoms with E-state index in [9.17, 15) is 34.1 Å². The van der Waals surface area contributed by atoms with E-state index in [4.69, 9.17) is 22.9 Å². The first-order valence-electron chi connectivity index (χ1n) is 24.5. The number of carbonyl (C=O) groups excluding carboxylic acids is 3. The molecule has 2 rings (SSSR count). The number of allylic oxidation sites excluding steroid dienone is 2. The fraction of sp³-hybridized carbons (Fsp3) is 0.780. The van der Waals surface area contributed by atoms with Crippen molar-refractivity contribution in [2.45, 2.75) is 194 Å². The number of carbonyl (C=O) groups is 3. The van der Waals surface area contributed by atoms with Gasteiger partial charge in [0.1, 0.15) is 37.1 Å². The molecule has 1 aliphatic carbocycles. The fourth-order valence-electron chi connectivity index (χ4n) is 7.81. The van der Waals surface area contributed by atoms with Crippen LogP contribution in [0.5, 0.6) is 0 Å². The number of hydrogen-bond acceptors (Lipinski definition) is 12. The highest BCUT2D eigenvalue weighted by molar-refractivity contribution is 7.45. The van der Waals surface area contributed by atoms with Crippen molar-refractivity contribution in [3.05, 3.63) is 47.0 Å². The van der Waals surface area contributed by atoms with Crippen LogP contribution in [0.1, 0.15) is 171 Å². The monoisotopic (exact) mass is 924 g/mol. The minimum atomic E-state index is -4.71. The number of nitrogens with zero attached hydrogens (tertiary/aromatic N) is 1. The van der Waals surface area contributed by atoms with Gasteiger partial charge in [-0.1, -0.05) is 109 Å². The van der Waals surface area contributed by atoms with Crippen LogP contribution in [0.3, 0.4) is 0 Å². The Hall–Kier alpha value is -2.64. The SMILES string of the molecule is CCCCCc1oc(CCCCCCCCCCC(=O)O[C@H](COC(=O)CCC/C=C\C[C@H]2C(=O)C[C@@H](O)[C@@H]2/C=C/[C@@H](O)CCCCC)COP(=O)([O-])OCC[N+](C)(C)C)c(C)c1C. The predicted octanol–water partition coefficient (Wildman–Crippen LogP) is 9.53. The third kappa shape index (κ3) is 25.3. The number of furan rings is 1. The van der Waals surface area contributed by atoms with E-state index in [1.54, 1.807) is 12.2 Å². The van der Waals surface area contributed by atoms with Gasteiger partial charge in [-0.15, -0.1) is 0 Å². The summed E-state index contributed by atoms with van der Waals surface area (Å²) in [6.07, 6.45) is 23.9. The molecule has 0 saturated heterocycles. The van der Waals surface area contributed by atoms with Crippen LogP contribution in [-0.4, -0.2) is 98.2 Å². The maximum atomic E-state index is 12.8. The molecule has 0 bridgehead atoms. The highest BCUT2D eigenvalue weighted by atomic mass is 31.2. The molecule has 64 heavy (non-hydrogen) atoms. The molecule has 368 valence electrons. The lowest BCUT2D eigenvalue weighted by atomic mass is 9.90. The Kier molecular flexibility index (Phi) is 28.9. The average molecular weight is 924 g/mol. The molecule has 0 aromatic carbocycles. The molecule has 1 fully saturated rings. The number of likely N-dealkylation sites (N-methyl/N-ethyl adjacent to an activating group) is 1. The van der Waals surface area contributed by atoms with Gasteiger partial charge in [-0.05, 0) is 69.9 Å². The maximum absolute atomic E-state index is 12.8. The summed E-state index contributed by atoms with van der Waals surface area (Å²) in [5, 5.41) is 20.7. The molecular weight excluding hydrogens is 838 g/mol.